The molecule has 5 nitrogen and oxygen atoms in total. The largest absolute Gasteiger partial charge is 0.496 e. The van der Waals surface area contributed by atoms with Crippen LogP contribution in [-0.4, -0.2) is 49.7 Å². The highest BCUT2D eigenvalue weighted by Gasteiger charge is 2.38. The second-order valence-electron chi connectivity index (χ2n) is 7.77. The van der Waals surface area contributed by atoms with Gasteiger partial charge in [0.2, 0.25) is 0 Å². The van der Waals surface area contributed by atoms with Crippen LogP contribution >= 0.6 is 0 Å². The van der Waals surface area contributed by atoms with E-state index in [1.165, 1.54) is 5.56 Å². The molecule has 1 N–H and O–H groups in total. The molecule has 29 heavy (non-hydrogen) atoms. The van der Waals surface area contributed by atoms with E-state index < -0.39 is 0 Å². The van der Waals surface area contributed by atoms with Crippen LogP contribution in [0.5, 0.6) is 5.75 Å². The third-order valence-electron chi connectivity index (χ3n) is 5.83. The van der Waals surface area contributed by atoms with E-state index in [0.717, 1.165) is 30.8 Å². The van der Waals surface area contributed by atoms with Crippen LogP contribution < -0.4 is 10.1 Å². The minimum Gasteiger partial charge on any atom is -0.496 e. The third kappa shape index (κ3) is 4.36. The quantitative estimate of drug-likeness (QED) is 0.766. The molecule has 152 valence electrons. The molecule has 0 unspecified atom stereocenters. The van der Waals surface area contributed by atoms with Gasteiger partial charge in [-0.1, -0.05) is 36.4 Å². The molecule has 4 rings (SSSR count). The van der Waals surface area contributed by atoms with Crippen LogP contribution in [-0.2, 0) is 11.2 Å². The molecule has 0 bridgehead atoms. The van der Waals surface area contributed by atoms with E-state index in [0.29, 0.717) is 24.6 Å². The van der Waals surface area contributed by atoms with E-state index in [1.807, 2.05) is 42.5 Å². The normalized spacial score (nSPS) is 24.0. The zero-order valence-electron chi connectivity index (χ0n) is 16.8. The second-order valence-corrected chi connectivity index (χ2v) is 7.77. The Morgan fingerprint density at radius 3 is 2.86 bits per heavy atom. The number of hydrogen-bond acceptors (Lipinski definition) is 4. The van der Waals surface area contributed by atoms with Gasteiger partial charge in [-0.25, -0.2) is 0 Å². The fourth-order valence-electron chi connectivity index (χ4n) is 4.35. The summed E-state index contributed by atoms with van der Waals surface area (Å²) < 4.78 is 11.5. The summed E-state index contributed by atoms with van der Waals surface area (Å²) in [4.78, 5) is 15.3. The number of fused-ring (bicyclic) bond motifs is 1. The van der Waals surface area contributed by atoms with Gasteiger partial charge in [-0.2, -0.15) is 0 Å². The lowest BCUT2D eigenvalue weighted by Gasteiger charge is -2.35. The minimum atomic E-state index is -0.0386. The summed E-state index contributed by atoms with van der Waals surface area (Å²) in [6, 6.07) is 16.4. The SMILES string of the molecule is C=CCc1cc(C(=O)N[C@@H]2C[C@H]3CO[C@@H](c4ccccc4)CN3C2)ccc1OC. The van der Waals surface area contributed by atoms with E-state index in [4.69, 9.17) is 9.47 Å². The summed E-state index contributed by atoms with van der Waals surface area (Å²) in [5.74, 6) is 0.742. The van der Waals surface area contributed by atoms with Gasteiger partial charge in [0.05, 0.1) is 19.8 Å². The van der Waals surface area contributed by atoms with Crippen LogP contribution in [0.25, 0.3) is 0 Å². The Morgan fingerprint density at radius 2 is 2.10 bits per heavy atom. The second kappa shape index (κ2) is 8.80. The van der Waals surface area contributed by atoms with Crippen LogP contribution in [0.2, 0.25) is 0 Å². The molecule has 0 aromatic heterocycles. The van der Waals surface area contributed by atoms with Crippen LogP contribution in [0.4, 0.5) is 0 Å². The van der Waals surface area contributed by atoms with Crippen LogP contribution in [0, 0.1) is 0 Å². The molecule has 0 aliphatic carbocycles. The highest BCUT2D eigenvalue weighted by molar-refractivity contribution is 5.94. The number of carbonyl (C=O) groups is 1. The van der Waals surface area contributed by atoms with Gasteiger partial charge in [0, 0.05) is 30.7 Å². The summed E-state index contributed by atoms with van der Waals surface area (Å²) in [5, 5.41) is 3.21. The number of ether oxygens (including phenoxy) is 2. The zero-order valence-corrected chi connectivity index (χ0v) is 16.8. The Hall–Kier alpha value is -2.63. The summed E-state index contributed by atoms with van der Waals surface area (Å²) in [6.45, 7) is 6.22. The molecule has 5 heteroatoms. The van der Waals surface area contributed by atoms with Crippen molar-refractivity contribution in [1.29, 1.82) is 0 Å². The van der Waals surface area contributed by atoms with Crippen LogP contribution in [0.3, 0.4) is 0 Å². The maximum atomic E-state index is 12.8. The fourth-order valence-corrected chi connectivity index (χ4v) is 4.35. The highest BCUT2D eigenvalue weighted by Crippen LogP contribution is 2.30. The number of benzene rings is 2. The first-order valence-electron chi connectivity index (χ1n) is 10.2. The first-order valence-corrected chi connectivity index (χ1v) is 10.2. The molecule has 2 saturated heterocycles. The lowest BCUT2D eigenvalue weighted by molar-refractivity contribution is -0.0502. The maximum Gasteiger partial charge on any atom is 0.251 e. The topological polar surface area (TPSA) is 50.8 Å². The van der Waals surface area contributed by atoms with Gasteiger partial charge in [0.15, 0.2) is 0 Å². The first kappa shape index (κ1) is 19.7. The molecule has 2 aromatic carbocycles. The number of allylic oxidation sites excluding steroid dienone is 1. The number of nitrogens with one attached hydrogen (secondary N) is 1. The lowest BCUT2D eigenvalue weighted by Crippen LogP contribution is -2.43. The van der Waals surface area contributed by atoms with Crippen molar-refractivity contribution >= 4 is 5.91 Å². The predicted octanol–water partition coefficient (Wildman–Crippen LogP) is 3.37. The molecule has 0 saturated carbocycles. The molecule has 0 radical (unpaired) electrons. The van der Waals surface area contributed by atoms with Crippen molar-refractivity contribution in [1.82, 2.24) is 10.2 Å². The Balaban J connectivity index is 1.38. The van der Waals surface area contributed by atoms with Gasteiger partial charge in [0.25, 0.3) is 5.91 Å². The van der Waals surface area contributed by atoms with Crippen molar-refractivity contribution in [3.05, 3.63) is 77.9 Å². The molecule has 1 amide bonds. The molecule has 3 atom stereocenters. The van der Waals surface area contributed by atoms with E-state index in [2.05, 4.69) is 28.9 Å². The number of morpholine rings is 1. The Bertz CT molecular complexity index is 868. The number of nitrogens with zero attached hydrogens (tertiary/aromatic N) is 1. The van der Waals surface area contributed by atoms with E-state index in [-0.39, 0.29) is 18.1 Å². The standard InChI is InChI=1S/C24H28N2O3/c1-3-7-18-12-19(10-11-22(18)28-2)24(27)25-20-13-21-16-29-23(15-26(21)14-20)17-8-5-4-6-9-17/h3-6,8-12,20-21,23H,1,7,13-16H2,2H3,(H,25,27)/t20-,21+,23-/m1/s1. The van der Waals surface area contributed by atoms with Gasteiger partial charge in [-0.15, -0.1) is 6.58 Å². The highest BCUT2D eigenvalue weighted by atomic mass is 16.5. The summed E-state index contributed by atoms with van der Waals surface area (Å²) in [6.07, 6.45) is 3.51. The third-order valence-corrected chi connectivity index (χ3v) is 5.83. The lowest BCUT2D eigenvalue weighted by atomic mass is 10.1. The monoisotopic (exact) mass is 392 g/mol. The molecular formula is C24H28N2O3. The summed E-state index contributed by atoms with van der Waals surface area (Å²) >= 11 is 0. The Labute approximate surface area is 172 Å². The number of amides is 1. The average molecular weight is 392 g/mol. The molecule has 2 fully saturated rings. The number of methoxy groups -OCH3 is 1. The number of rotatable bonds is 6. The van der Waals surface area contributed by atoms with Crippen molar-refractivity contribution in [3.8, 4) is 5.75 Å². The molecule has 0 spiro atoms. The van der Waals surface area contributed by atoms with E-state index >= 15 is 0 Å². The van der Waals surface area contributed by atoms with E-state index in [9.17, 15) is 4.79 Å². The zero-order chi connectivity index (χ0) is 20.2. The fraction of sp³-hybridized carbons (Fsp3) is 0.375. The molecule has 2 heterocycles. The molecular weight excluding hydrogens is 364 g/mol. The van der Waals surface area contributed by atoms with Gasteiger partial charge in [-0.05, 0) is 42.2 Å². The molecule has 2 aliphatic heterocycles. The van der Waals surface area contributed by atoms with Crippen molar-refractivity contribution in [2.75, 3.05) is 26.8 Å². The predicted molar refractivity (Wildman–Crippen MR) is 113 cm³/mol. The van der Waals surface area contributed by atoms with Crippen molar-refractivity contribution in [2.24, 2.45) is 0 Å². The van der Waals surface area contributed by atoms with Gasteiger partial charge < -0.3 is 14.8 Å². The van der Waals surface area contributed by atoms with Crippen molar-refractivity contribution in [2.45, 2.75) is 31.0 Å². The average Bonchev–Trinajstić information content (AvgIpc) is 3.16. The summed E-state index contributed by atoms with van der Waals surface area (Å²) in [7, 11) is 1.64. The van der Waals surface area contributed by atoms with Gasteiger partial charge >= 0.3 is 0 Å². The van der Waals surface area contributed by atoms with Gasteiger partial charge in [0.1, 0.15) is 5.75 Å². The smallest absolute Gasteiger partial charge is 0.251 e. The first-order chi connectivity index (χ1) is 14.2. The van der Waals surface area contributed by atoms with Crippen LogP contribution in [0.1, 0.15) is 34.0 Å². The Kier molecular flexibility index (Phi) is 5.97. The molecule has 2 aliphatic rings. The summed E-state index contributed by atoms with van der Waals surface area (Å²) in [5.41, 5.74) is 2.84. The van der Waals surface area contributed by atoms with Crippen molar-refractivity contribution < 1.29 is 14.3 Å². The van der Waals surface area contributed by atoms with Crippen LogP contribution in [0.15, 0.2) is 61.2 Å². The van der Waals surface area contributed by atoms with Crippen molar-refractivity contribution in [3.63, 3.8) is 0 Å². The minimum absolute atomic E-state index is 0.0386. The Morgan fingerprint density at radius 1 is 1.28 bits per heavy atom. The van der Waals surface area contributed by atoms with Gasteiger partial charge in [-0.3, -0.25) is 9.69 Å². The molecule has 2 aromatic rings. The maximum absolute atomic E-state index is 12.8. The number of hydrogen-bond donors (Lipinski definition) is 1. The van der Waals surface area contributed by atoms with E-state index in [1.54, 1.807) is 7.11 Å². The number of carbonyl (C=O) groups excluding carboxylic acids is 1.